The quantitative estimate of drug-likeness (QED) is 0.238. The first-order valence-electron chi connectivity index (χ1n) is 10.3. The van der Waals surface area contributed by atoms with E-state index in [1.165, 1.54) is 16.7 Å². The summed E-state index contributed by atoms with van der Waals surface area (Å²) < 4.78 is 23.7. The molecule has 0 atom stereocenters. The number of thioether (sulfide) groups is 1. The van der Waals surface area contributed by atoms with Crippen molar-refractivity contribution in [1.82, 2.24) is 0 Å². The molecule has 30 heavy (non-hydrogen) atoms. The summed E-state index contributed by atoms with van der Waals surface area (Å²) in [5.41, 5.74) is 3.57. The van der Waals surface area contributed by atoms with Gasteiger partial charge in [-0.25, -0.2) is 0 Å². The maximum absolute atomic E-state index is 13.1. The van der Waals surface area contributed by atoms with E-state index in [1.807, 2.05) is 32.0 Å². The summed E-state index contributed by atoms with van der Waals surface area (Å²) in [6, 6.07) is 31.5. The van der Waals surface area contributed by atoms with E-state index in [1.54, 1.807) is 11.8 Å². The van der Waals surface area contributed by atoms with Crippen molar-refractivity contribution in [1.29, 1.82) is 0 Å². The van der Waals surface area contributed by atoms with Crippen LogP contribution in [0.2, 0.25) is 0 Å². The van der Waals surface area contributed by atoms with Gasteiger partial charge in [0.05, 0.1) is 24.1 Å². The van der Waals surface area contributed by atoms with E-state index >= 15 is 0 Å². The van der Waals surface area contributed by atoms with Crippen molar-refractivity contribution in [2.24, 2.45) is 0 Å². The minimum atomic E-state index is -3.10. The highest BCUT2D eigenvalue weighted by molar-refractivity contribution is 8.00. The van der Waals surface area contributed by atoms with Crippen LogP contribution < -0.4 is 0 Å². The number of hydrogen-bond acceptors (Lipinski definition) is 4. The van der Waals surface area contributed by atoms with Gasteiger partial charge in [0, 0.05) is 5.75 Å². The predicted molar refractivity (Wildman–Crippen MR) is 127 cm³/mol. The summed E-state index contributed by atoms with van der Waals surface area (Å²) in [5, 5.41) is 0. The Balaban J connectivity index is 2.04. The molecule has 0 aliphatic heterocycles. The van der Waals surface area contributed by atoms with Gasteiger partial charge in [-0.15, -0.1) is 11.8 Å². The van der Waals surface area contributed by atoms with Crippen molar-refractivity contribution in [3.63, 3.8) is 0 Å². The topological polar surface area (TPSA) is 35.5 Å². The zero-order valence-corrected chi connectivity index (χ0v) is 19.3. The average Bonchev–Trinajstić information content (AvgIpc) is 2.79. The highest BCUT2D eigenvalue weighted by atomic mass is 32.2. The second kappa shape index (κ2) is 11.0. The van der Waals surface area contributed by atoms with Crippen molar-refractivity contribution in [2.75, 3.05) is 25.1 Å². The van der Waals surface area contributed by atoms with Crippen LogP contribution in [-0.4, -0.2) is 25.1 Å². The Labute approximate surface area is 184 Å². The molecule has 0 heterocycles. The van der Waals surface area contributed by atoms with Gasteiger partial charge < -0.3 is 9.05 Å². The monoisotopic (exact) mass is 440 g/mol. The minimum Gasteiger partial charge on any atom is -0.309 e. The summed E-state index contributed by atoms with van der Waals surface area (Å²) in [4.78, 5) is 0. The van der Waals surface area contributed by atoms with E-state index in [-0.39, 0.29) is 0 Å². The van der Waals surface area contributed by atoms with Crippen LogP contribution in [0.1, 0.15) is 30.5 Å². The first kappa shape index (κ1) is 22.8. The summed E-state index contributed by atoms with van der Waals surface area (Å²) in [6.07, 6.45) is 0.369. The summed E-state index contributed by atoms with van der Waals surface area (Å²) in [5.74, 6) is 0.635. The molecular formula is C25H29O3PS. The molecule has 3 nitrogen and oxygen atoms in total. The van der Waals surface area contributed by atoms with Crippen LogP contribution in [0.3, 0.4) is 0 Å². The second-order valence-electron chi connectivity index (χ2n) is 6.80. The molecule has 0 unspecified atom stereocenters. The lowest BCUT2D eigenvalue weighted by atomic mass is 9.84. The molecule has 3 rings (SSSR count). The van der Waals surface area contributed by atoms with Gasteiger partial charge in [0.2, 0.25) is 0 Å². The third kappa shape index (κ3) is 5.25. The van der Waals surface area contributed by atoms with E-state index in [9.17, 15) is 4.57 Å². The first-order valence-corrected chi connectivity index (χ1v) is 13.0. The SMILES string of the molecule is CCOP(=O)(CCSC(c1ccccc1)(c1ccccc1)c1ccccc1)OCC. The molecule has 0 saturated heterocycles. The van der Waals surface area contributed by atoms with E-state index in [0.29, 0.717) is 25.1 Å². The molecule has 0 aliphatic rings. The fraction of sp³-hybridized carbons (Fsp3) is 0.280. The molecule has 3 aromatic rings. The van der Waals surface area contributed by atoms with Crippen LogP contribution in [0.5, 0.6) is 0 Å². The van der Waals surface area contributed by atoms with Gasteiger partial charge in [-0.05, 0) is 30.5 Å². The van der Waals surface area contributed by atoms with Gasteiger partial charge in [-0.2, -0.15) is 0 Å². The first-order chi connectivity index (χ1) is 14.6. The van der Waals surface area contributed by atoms with Gasteiger partial charge in [0.15, 0.2) is 0 Å². The van der Waals surface area contributed by atoms with E-state index in [4.69, 9.17) is 9.05 Å². The van der Waals surface area contributed by atoms with Crippen molar-refractivity contribution >= 4 is 19.4 Å². The molecule has 0 amide bonds. The Kier molecular flexibility index (Phi) is 8.35. The van der Waals surface area contributed by atoms with E-state index < -0.39 is 12.3 Å². The van der Waals surface area contributed by atoms with Crippen LogP contribution in [0, 0.1) is 0 Å². The van der Waals surface area contributed by atoms with Crippen molar-refractivity contribution in [2.45, 2.75) is 18.6 Å². The van der Waals surface area contributed by atoms with E-state index in [0.717, 1.165) is 0 Å². The Morgan fingerprint density at radius 1 is 0.700 bits per heavy atom. The molecule has 0 N–H and O–H groups in total. The number of hydrogen-bond donors (Lipinski definition) is 0. The number of benzene rings is 3. The molecule has 0 saturated carbocycles. The third-order valence-electron chi connectivity index (χ3n) is 4.88. The Morgan fingerprint density at radius 3 is 1.40 bits per heavy atom. The Hall–Kier alpha value is -1.84. The maximum atomic E-state index is 13.1. The fourth-order valence-electron chi connectivity index (χ4n) is 3.64. The Bertz CT molecular complexity index is 826. The van der Waals surface area contributed by atoms with Crippen LogP contribution in [0.15, 0.2) is 91.0 Å². The van der Waals surface area contributed by atoms with Gasteiger partial charge in [-0.3, -0.25) is 4.57 Å². The zero-order chi connectivity index (χ0) is 21.3. The highest BCUT2D eigenvalue weighted by Crippen LogP contribution is 2.52. The van der Waals surface area contributed by atoms with Gasteiger partial charge in [0.1, 0.15) is 0 Å². The average molecular weight is 441 g/mol. The smallest absolute Gasteiger partial charge is 0.309 e. The fourth-order valence-corrected chi connectivity index (χ4v) is 7.23. The molecule has 0 aromatic heterocycles. The maximum Gasteiger partial charge on any atom is 0.331 e. The minimum absolute atomic E-state index is 0.369. The molecule has 5 heteroatoms. The largest absolute Gasteiger partial charge is 0.331 e. The molecule has 3 aromatic carbocycles. The standard InChI is InChI=1S/C25H29O3PS/c1-3-27-29(26,28-4-2)20-21-30-25(22-14-8-5-9-15-22,23-16-10-6-11-17-23)24-18-12-7-13-19-24/h5-19H,3-4,20-21H2,1-2H3. The molecule has 0 radical (unpaired) electrons. The van der Waals surface area contributed by atoms with Crippen LogP contribution in [0.25, 0.3) is 0 Å². The van der Waals surface area contributed by atoms with Crippen LogP contribution in [0.4, 0.5) is 0 Å². The van der Waals surface area contributed by atoms with Gasteiger partial charge in [-0.1, -0.05) is 91.0 Å². The molecular weight excluding hydrogens is 411 g/mol. The summed E-state index contributed by atoms with van der Waals surface area (Å²) in [7, 11) is -3.10. The van der Waals surface area contributed by atoms with E-state index in [2.05, 4.69) is 72.8 Å². The van der Waals surface area contributed by atoms with Crippen LogP contribution in [-0.2, 0) is 18.4 Å². The summed E-state index contributed by atoms with van der Waals surface area (Å²) >= 11 is 1.77. The Morgan fingerprint density at radius 2 is 1.07 bits per heavy atom. The van der Waals surface area contributed by atoms with Crippen molar-refractivity contribution in [3.05, 3.63) is 108 Å². The van der Waals surface area contributed by atoms with Gasteiger partial charge >= 0.3 is 7.60 Å². The lowest BCUT2D eigenvalue weighted by Crippen LogP contribution is -2.26. The zero-order valence-electron chi connectivity index (χ0n) is 17.6. The lowest BCUT2D eigenvalue weighted by molar-refractivity contribution is 0.221. The van der Waals surface area contributed by atoms with Crippen LogP contribution >= 0.6 is 19.4 Å². The molecule has 0 fully saturated rings. The molecule has 158 valence electrons. The highest BCUT2D eigenvalue weighted by Gasteiger charge is 2.37. The summed E-state index contributed by atoms with van der Waals surface area (Å²) in [6.45, 7) is 4.45. The normalized spacial score (nSPS) is 12.1. The molecule has 0 spiro atoms. The molecule has 0 aliphatic carbocycles. The third-order valence-corrected chi connectivity index (χ3v) is 8.80. The lowest BCUT2D eigenvalue weighted by Gasteiger charge is -2.35. The predicted octanol–water partition coefficient (Wildman–Crippen LogP) is 6.98. The number of rotatable bonds is 11. The van der Waals surface area contributed by atoms with Crippen molar-refractivity contribution < 1.29 is 13.6 Å². The van der Waals surface area contributed by atoms with Gasteiger partial charge in [0.25, 0.3) is 0 Å². The molecule has 0 bridgehead atoms. The van der Waals surface area contributed by atoms with Crippen molar-refractivity contribution in [3.8, 4) is 0 Å². The second-order valence-corrected chi connectivity index (χ2v) is 10.3.